The molecule has 0 spiro atoms. The van der Waals surface area contributed by atoms with Crippen molar-refractivity contribution in [2.75, 3.05) is 6.54 Å². The fourth-order valence-corrected chi connectivity index (χ4v) is 2.85. The number of aromatic nitrogens is 2. The van der Waals surface area contributed by atoms with Gasteiger partial charge in [0.05, 0.1) is 12.1 Å². The van der Waals surface area contributed by atoms with Crippen LogP contribution in [0.3, 0.4) is 0 Å². The fourth-order valence-electron chi connectivity index (χ4n) is 2.72. The standard InChI is InChI=1S/C20H24ClN3O4/c1-2-3-4-5-17-23-16(14-6-8-15(21)9-7-14)12-19(26)24(17)13-18(25)22-11-10-20(27)28/h6-9,12H,2-5,10-11,13H2,1H3,(H,22,25)(H,27,28). The van der Waals surface area contributed by atoms with E-state index in [1.54, 1.807) is 24.3 Å². The zero-order chi connectivity index (χ0) is 20.5. The van der Waals surface area contributed by atoms with Crippen molar-refractivity contribution >= 4 is 23.5 Å². The summed E-state index contributed by atoms with van der Waals surface area (Å²) in [7, 11) is 0. The molecule has 2 rings (SSSR count). The molecule has 28 heavy (non-hydrogen) atoms. The first-order valence-corrected chi connectivity index (χ1v) is 9.63. The molecule has 8 heteroatoms. The van der Waals surface area contributed by atoms with E-state index < -0.39 is 11.9 Å². The summed E-state index contributed by atoms with van der Waals surface area (Å²) in [6, 6.07) is 8.45. The molecule has 0 unspecified atom stereocenters. The number of amides is 1. The van der Waals surface area contributed by atoms with Gasteiger partial charge in [-0.1, -0.05) is 43.5 Å². The minimum absolute atomic E-state index is 0.0182. The molecule has 1 aromatic carbocycles. The molecule has 0 aliphatic heterocycles. The van der Waals surface area contributed by atoms with E-state index in [1.807, 2.05) is 0 Å². The van der Waals surface area contributed by atoms with Gasteiger partial charge in [0.15, 0.2) is 0 Å². The van der Waals surface area contributed by atoms with Crippen molar-refractivity contribution in [2.45, 2.75) is 45.6 Å². The highest BCUT2D eigenvalue weighted by Crippen LogP contribution is 2.19. The van der Waals surface area contributed by atoms with Crippen LogP contribution in [-0.4, -0.2) is 33.1 Å². The molecule has 0 bridgehead atoms. The number of benzene rings is 1. The number of halogens is 1. The minimum atomic E-state index is -0.994. The van der Waals surface area contributed by atoms with Crippen LogP contribution in [0.25, 0.3) is 11.3 Å². The summed E-state index contributed by atoms with van der Waals surface area (Å²) in [6.45, 7) is 1.92. The SMILES string of the molecule is CCCCCc1nc(-c2ccc(Cl)cc2)cc(=O)n1CC(=O)NCCC(=O)O. The Labute approximate surface area is 168 Å². The highest BCUT2D eigenvalue weighted by Gasteiger charge is 2.13. The van der Waals surface area contributed by atoms with E-state index in [1.165, 1.54) is 10.6 Å². The molecule has 0 atom stereocenters. The number of aryl methyl sites for hydroxylation is 1. The second-order valence-corrected chi connectivity index (χ2v) is 6.88. The first-order valence-electron chi connectivity index (χ1n) is 9.26. The lowest BCUT2D eigenvalue weighted by Crippen LogP contribution is -2.35. The molecule has 0 fully saturated rings. The molecule has 7 nitrogen and oxygen atoms in total. The molecular formula is C20H24ClN3O4. The van der Waals surface area contributed by atoms with Crippen LogP contribution in [0.4, 0.5) is 0 Å². The molecular weight excluding hydrogens is 382 g/mol. The van der Waals surface area contributed by atoms with Gasteiger partial charge in [-0.25, -0.2) is 4.98 Å². The van der Waals surface area contributed by atoms with Crippen LogP contribution in [0.1, 0.15) is 38.4 Å². The Morgan fingerprint density at radius 1 is 1.21 bits per heavy atom. The highest BCUT2D eigenvalue weighted by atomic mass is 35.5. The van der Waals surface area contributed by atoms with Crippen LogP contribution in [0.15, 0.2) is 35.1 Å². The number of unbranched alkanes of at least 4 members (excludes halogenated alkanes) is 2. The number of hydrogen-bond acceptors (Lipinski definition) is 4. The summed E-state index contributed by atoms with van der Waals surface area (Å²) in [6.07, 6.45) is 3.28. The maximum atomic E-state index is 12.7. The predicted octanol–water partition coefficient (Wildman–Crippen LogP) is 2.89. The smallest absolute Gasteiger partial charge is 0.305 e. The average molecular weight is 406 g/mol. The number of carbonyl (C=O) groups is 2. The van der Waals surface area contributed by atoms with Gasteiger partial charge in [0.2, 0.25) is 5.91 Å². The second-order valence-electron chi connectivity index (χ2n) is 6.44. The monoisotopic (exact) mass is 405 g/mol. The van der Waals surface area contributed by atoms with Gasteiger partial charge in [0.25, 0.3) is 5.56 Å². The van der Waals surface area contributed by atoms with Crippen LogP contribution >= 0.6 is 11.6 Å². The van der Waals surface area contributed by atoms with Crippen molar-refractivity contribution in [3.8, 4) is 11.3 Å². The Morgan fingerprint density at radius 3 is 2.57 bits per heavy atom. The fraction of sp³-hybridized carbons (Fsp3) is 0.400. The van der Waals surface area contributed by atoms with E-state index in [2.05, 4.69) is 17.2 Å². The molecule has 0 saturated carbocycles. The van der Waals surface area contributed by atoms with Gasteiger partial charge >= 0.3 is 5.97 Å². The van der Waals surface area contributed by atoms with Crippen molar-refractivity contribution < 1.29 is 14.7 Å². The van der Waals surface area contributed by atoms with Crippen LogP contribution in [0.5, 0.6) is 0 Å². The quantitative estimate of drug-likeness (QED) is 0.592. The van der Waals surface area contributed by atoms with Crippen LogP contribution in [0.2, 0.25) is 5.02 Å². The first-order chi connectivity index (χ1) is 13.4. The van der Waals surface area contributed by atoms with Gasteiger partial charge in [-0.15, -0.1) is 0 Å². The summed E-state index contributed by atoms with van der Waals surface area (Å²) in [5, 5.41) is 11.8. The number of carboxylic acid groups (broad SMARTS) is 1. The maximum absolute atomic E-state index is 12.7. The van der Waals surface area contributed by atoms with E-state index in [9.17, 15) is 14.4 Å². The molecule has 0 saturated heterocycles. The van der Waals surface area contributed by atoms with Gasteiger partial charge in [-0.05, 0) is 18.6 Å². The maximum Gasteiger partial charge on any atom is 0.305 e. The van der Waals surface area contributed by atoms with E-state index >= 15 is 0 Å². The Bertz CT molecular complexity index is 878. The van der Waals surface area contributed by atoms with E-state index in [0.29, 0.717) is 23.0 Å². The lowest BCUT2D eigenvalue weighted by atomic mass is 10.1. The molecule has 0 radical (unpaired) electrons. The Hall–Kier alpha value is -2.67. The molecule has 1 aromatic heterocycles. The number of carboxylic acids is 1. The summed E-state index contributed by atoms with van der Waals surface area (Å²) in [4.78, 5) is 40.0. The average Bonchev–Trinajstić information content (AvgIpc) is 2.64. The number of carbonyl (C=O) groups excluding carboxylic acids is 1. The topological polar surface area (TPSA) is 101 Å². The first kappa shape index (κ1) is 21.6. The largest absolute Gasteiger partial charge is 0.481 e. The minimum Gasteiger partial charge on any atom is -0.481 e. The van der Waals surface area contributed by atoms with Gasteiger partial charge in [0.1, 0.15) is 12.4 Å². The molecule has 1 amide bonds. The number of aliphatic carboxylic acids is 1. The van der Waals surface area contributed by atoms with Gasteiger partial charge in [-0.3, -0.25) is 19.0 Å². The van der Waals surface area contributed by atoms with Crippen molar-refractivity contribution in [3.63, 3.8) is 0 Å². The van der Waals surface area contributed by atoms with E-state index in [4.69, 9.17) is 16.7 Å². The highest BCUT2D eigenvalue weighted by molar-refractivity contribution is 6.30. The summed E-state index contributed by atoms with van der Waals surface area (Å²) >= 11 is 5.92. The summed E-state index contributed by atoms with van der Waals surface area (Å²) in [5.41, 5.74) is 0.992. The van der Waals surface area contributed by atoms with E-state index in [0.717, 1.165) is 24.8 Å². The molecule has 1 heterocycles. The molecule has 2 aromatic rings. The normalized spacial score (nSPS) is 10.6. The third-order valence-corrected chi connectivity index (χ3v) is 4.45. The second kappa shape index (κ2) is 10.6. The molecule has 0 aliphatic rings. The number of hydrogen-bond donors (Lipinski definition) is 2. The van der Waals surface area contributed by atoms with Gasteiger partial charge < -0.3 is 10.4 Å². The predicted molar refractivity (Wildman–Crippen MR) is 107 cm³/mol. The van der Waals surface area contributed by atoms with Gasteiger partial charge in [-0.2, -0.15) is 0 Å². The van der Waals surface area contributed by atoms with Crippen molar-refractivity contribution in [3.05, 3.63) is 51.5 Å². The van der Waals surface area contributed by atoms with Crippen LogP contribution < -0.4 is 10.9 Å². The lowest BCUT2D eigenvalue weighted by Gasteiger charge is -2.14. The zero-order valence-electron chi connectivity index (χ0n) is 15.8. The lowest BCUT2D eigenvalue weighted by molar-refractivity contribution is -0.136. The third-order valence-electron chi connectivity index (χ3n) is 4.19. The molecule has 2 N–H and O–H groups in total. The molecule has 150 valence electrons. The van der Waals surface area contributed by atoms with Crippen molar-refractivity contribution in [2.24, 2.45) is 0 Å². The molecule has 0 aliphatic carbocycles. The van der Waals surface area contributed by atoms with Crippen molar-refractivity contribution in [1.82, 2.24) is 14.9 Å². The van der Waals surface area contributed by atoms with Crippen LogP contribution in [-0.2, 0) is 22.6 Å². The van der Waals surface area contributed by atoms with E-state index in [-0.39, 0.29) is 25.1 Å². The van der Waals surface area contributed by atoms with Crippen molar-refractivity contribution in [1.29, 1.82) is 0 Å². The number of nitrogens with one attached hydrogen (secondary N) is 1. The Kier molecular flexibility index (Phi) is 8.19. The third kappa shape index (κ3) is 6.49. The van der Waals surface area contributed by atoms with Gasteiger partial charge in [0, 0.05) is 29.6 Å². The number of nitrogens with zero attached hydrogens (tertiary/aromatic N) is 2. The Balaban J connectivity index is 2.27. The summed E-state index contributed by atoms with van der Waals surface area (Å²) < 4.78 is 1.35. The zero-order valence-corrected chi connectivity index (χ0v) is 16.5. The summed E-state index contributed by atoms with van der Waals surface area (Å²) in [5.74, 6) is -0.868. The van der Waals surface area contributed by atoms with Crippen LogP contribution in [0, 0.1) is 0 Å². The Morgan fingerprint density at radius 2 is 1.93 bits per heavy atom. The number of rotatable bonds is 10.